The number of hydrogen-bond donors (Lipinski definition) is 6. The van der Waals surface area contributed by atoms with Gasteiger partial charge in [-0.1, -0.05) is 64.5 Å². The normalized spacial score (nSPS) is 28.4. The first-order chi connectivity index (χ1) is 32.9. The highest BCUT2D eigenvalue weighted by molar-refractivity contribution is 6.39. The number of methoxy groups -OCH3 is 2. The number of allylic oxidation sites excluding steroid dienone is 4. The predicted octanol–water partition coefficient (Wildman–Crippen LogP) is 4.59. The molecule has 0 radical (unpaired) electrons. The summed E-state index contributed by atoms with van der Waals surface area (Å²) in [6, 6.07) is -1.76. The van der Waals surface area contributed by atoms with Gasteiger partial charge in [0.1, 0.15) is 30.1 Å². The van der Waals surface area contributed by atoms with Gasteiger partial charge in [-0.15, -0.1) is 0 Å². The summed E-state index contributed by atoms with van der Waals surface area (Å²) in [5.74, 6) is -8.60. The van der Waals surface area contributed by atoms with Crippen LogP contribution in [0, 0.1) is 35.5 Å². The zero-order chi connectivity index (χ0) is 52.6. The summed E-state index contributed by atoms with van der Waals surface area (Å²) in [5, 5.41) is 33.8. The Bertz CT molecular complexity index is 1930. The number of Topliss-reactive ketones (excluding diaryl/α,β-unsaturated/α-hetero) is 3. The summed E-state index contributed by atoms with van der Waals surface area (Å²) in [6.45, 7) is 16.3. The molecule has 1 saturated carbocycles. The Balaban J connectivity index is 1.88. The molecule has 2 unspecified atom stereocenters. The zero-order valence-electron chi connectivity index (χ0n) is 43.7. The van der Waals surface area contributed by atoms with Gasteiger partial charge in [0.25, 0.3) is 11.7 Å². The lowest BCUT2D eigenvalue weighted by Crippen LogP contribution is -2.61. The number of carbonyl (C=O) groups excluding carboxylic acids is 5. The number of guanidine groups is 2. The number of ketones is 3. The van der Waals surface area contributed by atoms with Gasteiger partial charge in [0.05, 0.1) is 24.4 Å². The van der Waals surface area contributed by atoms with Crippen LogP contribution < -0.4 is 17.2 Å². The van der Waals surface area contributed by atoms with E-state index < -0.39 is 83.8 Å². The second kappa shape index (κ2) is 28.1. The lowest BCUT2D eigenvalue weighted by Gasteiger charge is -2.42. The first-order valence-electron chi connectivity index (χ1n) is 25.2. The highest BCUT2D eigenvalue weighted by atomic mass is 16.6. The number of nitrogens with two attached hydrogens (primary N) is 3. The van der Waals surface area contributed by atoms with Crippen LogP contribution in [0.5, 0.6) is 0 Å². The molecule has 1 amide bonds. The van der Waals surface area contributed by atoms with E-state index in [-0.39, 0.29) is 73.2 Å². The molecule has 18 heteroatoms. The fraction of sp³-hybridized carbons (Fsp3) is 0.750. The molecule has 18 nitrogen and oxygen atoms in total. The molecule has 0 bridgehead atoms. The van der Waals surface area contributed by atoms with E-state index >= 15 is 0 Å². The molecule has 3 rings (SSSR count). The van der Waals surface area contributed by atoms with E-state index in [1.165, 1.54) is 7.11 Å². The van der Waals surface area contributed by atoms with Crippen molar-refractivity contribution in [2.24, 2.45) is 62.7 Å². The van der Waals surface area contributed by atoms with Gasteiger partial charge in [-0.3, -0.25) is 19.2 Å². The lowest BCUT2D eigenvalue weighted by atomic mass is 9.78. The summed E-state index contributed by atoms with van der Waals surface area (Å²) < 4.78 is 23.5. The fourth-order valence-electron chi connectivity index (χ4n) is 10.2. The molecule has 70 heavy (non-hydrogen) atoms. The molecule has 2 heterocycles. The number of aliphatic imine (C=N–C) groups is 2. The molecule has 396 valence electrons. The summed E-state index contributed by atoms with van der Waals surface area (Å²) in [4.78, 5) is 80.0. The Kier molecular flexibility index (Phi) is 24.0. The minimum atomic E-state index is -2.51. The second-order valence-corrected chi connectivity index (χ2v) is 20.3. The highest BCUT2D eigenvalue weighted by Crippen LogP contribution is 2.38. The minimum absolute atomic E-state index is 0.0452. The maximum Gasteiger partial charge on any atom is 0.329 e. The smallest absolute Gasteiger partial charge is 0.329 e. The van der Waals surface area contributed by atoms with Crippen LogP contribution >= 0.6 is 0 Å². The zero-order valence-corrected chi connectivity index (χ0v) is 43.7. The number of piperidine rings is 1. The average Bonchev–Trinajstić information content (AvgIpc) is 3.31. The van der Waals surface area contributed by atoms with Crippen LogP contribution in [0.4, 0.5) is 0 Å². The number of aliphatic hydroxyl groups excluding tert-OH is 2. The molecular formula is C52H86N6O12. The maximum atomic E-state index is 14.4. The van der Waals surface area contributed by atoms with Crippen LogP contribution in [0.1, 0.15) is 139 Å². The first-order valence-corrected chi connectivity index (χ1v) is 25.2. The van der Waals surface area contributed by atoms with E-state index in [0.29, 0.717) is 63.4 Å². The summed E-state index contributed by atoms with van der Waals surface area (Å²) in [5.41, 5.74) is 18.1. The van der Waals surface area contributed by atoms with Crippen LogP contribution in [-0.2, 0) is 42.9 Å². The van der Waals surface area contributed by atoms with Gasteiger partial charge >= 0.3 is 5.97 Å². The number of ether oxygens (including phenoxy) is 4. The first kappa shape index (κ1) is 60.0. The molecule has 9 N–H and O–H groups in total. The molecule has 1 aliphatic carbocycles. The second-order valence-electron chi connectivity index (χ2n) is 20.3. The molecule has 2 saturated heterocycles. The van der Waals surface area contributed by atoms with Gasteiger partial charge in [-0.05, 0) is 115 Å². The van der Waals surface area contributed by atoms with Gasteiger partial charge in [0, 0.05) is 51.4 Å². The summed E-state index contributed by atoms with van der Waals surface area (Å²) in [7, 11) is 2.92. The monoisotopic (exact) mass is 987 g/mol. The standard InChI is InChI=1S/C52H86N6O12/c1-12-16-29(3)23-33(7)44(61)46(68-11)45(62)34(8)24-31(5)41(60)28-42(32(6)25-36-19-21-40(59)43(26-36)67-10)69-49(65)39-17-14-15-22-58(39)48(64)47(63)52(66)35(9)18-20-37(70-52)27-38(30(4)13-2)56-51(55)57-50(53)54/h12-13,16,24,29,31-33,35-40,42-43,45-46,59,62,66H,14-15,17-23,25-28H2,1-11H3,(H6,53,54,55,56,57)/b16-12+,30-13-,34-24+/t29-,31-,32?,33-,35-,36-,37+,38-,39?,40-,42+,43-,45-,46+,52-/m1/s1. The van der Waals surface area contributed by atoms with Gasteiger partial charge in [-0.2, -0.15) is 4.99 Å². The molecule has 3 fully saturated rings. The van der Waals surface area contributed by atoms with Crippen molar-refractivity contribution in [3.63, 3.8) is 0 Å². The van der Waals surface area contributed by atoms with Crippen molar-refractivity contribution in [3.8, 4) is 0 Å². The van der Waals surface area contributed by atoms with E-state index in [1.54, 1.807) is 40.9 Å². The molecule has 15 atom stereocenters. The molecule has 0 spiro atoms. The quantitative estimate of drug-likeness (QED) is 0.0254. The van der Waals surface area contributed by atoms with Gasteiger partial charge in [0.2, 0.25) is 11.7 Å². The number of likely N-dealkylation sites (tertiary alicyclic amines) is 1. The molecule has 2 aliphatic heterocycles. The van der Waals surface area contributed by atoms with Crippen molar-refractivity contribution >= 4 is 41.1 Å². The highest BCUT2D eigenvalue weighted by Gasteiger charge is 2.53. The third-order valence-electron chi connectivity index (χ3n) is 14.7. The van der Waals surface area contributed by atoms with Crippen LogP contribution in [0.2, 0.25) is 0 Å². The Morgan fingerprint density at radius 2 is 1.63 bits per heavy atom. The molecular weight excluding hydrogens is 901 g/mol. The van der Waals surface area contributed by atoms with Crippen molar-refractivity contribution in [1.29, 1.82) is 0 Å². The number of esters is 1. The number of amides is 1. The average molecular weight is 987 g/mol. The Morgan fingerprint density at radius 3 is 2.24 bits per heavy atom. The molecule has 0 aromatic carbocycles. The van der Waals surface area contributed by atoms with E-state index in [4.69, 9.17) is 36.1 Å². The van der Waals surface area contributed by atoms with E-state index in [0.717, 1.165) is 10.5 Å². The number of hydrogen-bond acceptors (Lipinski definition) is 13. The van der Waals surface area contributed by atoms with Crippen LogP contribution in [-0.4, -0.2) is 137 Å². The van der Waals surface area contributed by atoms with Crippen LogP contribution in [0.3, 0.4) is 0 Å². The number of nitrogens with zero attached hydrogens (tertiary/aromatic N) is 3. The maximum absolute atomic E-state index is 14.4. The Hall–Kier alpha value is -4.33. The third-order valence-corrected chi connectivity index (χ3v) is 14.7. The Morgan fingerprint density at radius 1 is 0.943 bits per heavy atom. The molecule has 0 aromatic heterocycles. The largest absolute Gasteiger partial charge is 0.460 e. The third kappa shape index (κ3) is 16.6. The predicted molar refractivity (Wildman–Crippen MR) is 268 cm³/mol. The van der Waals surface area contributed by atoms with Crippen molar-refractivity contribution in [2.45, 2.75) is 194 Å². The van der Waals surface area contributed by atoms with Gasteiger partial charge in [-0.25, -0.2) is 9.79 Å². The van der Waals surface area contributed by atoms with E-state index in [2.05, 4.69) is 9.98 Å². The lowest BCUT2D eigenvalue weighted by molar-refractivity contribution is -0.263. The minimum Gasteiger partial charge on any atom is -0.460 e. The van der Waals surface area contributed by atoms with Crippen molar-refractivity contribution in [2.75, 3.05) is 20.8 Å². The Labute approximate surface area is 415 Å². The summed E-state index contributed by atoms with van der Waals surface area (Å²) >= 11 is 0. The van der Waals surface area contributed by atoms with Crippen molar-refractivity contribution < 1.29 is 58.2 Å². The number of carbonyl (C=O) groups is 5. The number of rotatable bonds is 24. The molecule has 3 aliphatic rings. The number of aliphatic hydroxyl groups is 3. The van der Waals surface area contributed by atoms with Crippen LogP contribution in [0.15, 0.2) is 45.4 Å². The topological polar surface area (TPSA) is 289 Å². The van der Waals surface area contributed by atoms with E-state index in [9.17, 15) is 39.3 Å². The van der Waals surface area contributed by atoms with Crippen LogP contribution in [0.25, 0.3) is 0 Å². The molecule has 0 aromatic rings. The van der Waals surface area contributed by atoms with Crippen molar-refractivity contribution in [1.82, 2.24) is 4.90 Å². The SMILES string of the molecule is C/C=C(/C)[C@@H](C[C@@H]1CC[C@@H](C)[C@](O)(C(=O)C(=O)N2CCCCC2C(=O)O[C@@H](CC(=O)[C@H](C)/C=C(\C)[C@@H](O)[C@@H](OC)C(=O)[C@H](C)C[C@H](C)/C=C/C)C(C)C[C@H]2CC[C@@H](O)[C@H](OC)C2)O1)N=C(N)N=C(N)N. The summed E-state index contributed by atoms with van der Waals surface area (Å²) in [6.07, 6.45) is 7.20. The van der Waals surface area contributed by atoms with E-state index in [1.807, 2.05) is 52.8 Å². The fourth-order valence-corrected chi connectivity index (χ4v) is 10.2. The van der Waals surface area contributed by atoms with Gasteiger partial charge in [0.15, 0.2) is 11.7 Å². The van der Waals surface area contributed by atoms with Crippen molar-refractivity contribution in [3.05, 3.63) is 35.5 Å². The van der Waals surface area contributed by atoms with Gasteiger partial charge < -0.3 is 56.4 Å².